The van der Waals surface area contributed by atoms with Gasteiger partial charge in [0.1, 0.15) is 11.5 Å². The molecule has 0 aliphatic heterocycles. The fourth-order valence-electron chi connectivity index (χ4n) is 3.51. The van der Waals surface area contributed by atoms with Crippen LogP contribution in [-0.2, 0) is 6.54 Å². The third kappa shape index (κ3) is 4.11. The van der Waals surface area contributed by atoms with Gasteiger partial charge < -0.3 is 5.73 Å². The van der Waals surface area contributed by atoms with Gasteiger partial charge in [0.2, 0.25) is 0 Å². The van der Waals surface area contributed by atoms with E-state index in [4.69, 9.17) is 15.8 Å². The second kappa shape index (κ2) is 8.43. The first kappa shape index (κ1) is 18.5. The molecule has 1 fully saturated rings. The summed E-state index contributed by atoms with van der Waals surface area (Å²) in [6.07, 6.45) is 6.06. The van der Waals surface area contributed by atoms with Crippen molar-refractivity contribution in [2.24, 2.45) is 5.73 Å². The Labute approximate surface area is 160 Å². The molecule has 0 unspecified atom stereocenters. The Hall–Kier alpha value is -2.24. The second-order valence-corrected chi connectivity index (χ2v) is 6.76. The fraction of sp³-hybridized carbons (Fsp3) is 0.350. The average Bonchev–Trinajstić information content (AvgIpc) is 3.08. The quantitative estimate of drug-likeness (QED) is 0.759. The lowest BCUT2D eigenvalue weighted by atomic mass is 9.86. The average molecular weight is 370 g/mol. The van der Waals surface area contributed by atoms with Crippen molar-refractivity contribution in [3.63, 3.8) is 0 Å². The van der Waals surface area contributed by atoms with Crippen molar-refractivity contribution in [3.8, 4) is 11.5 Å². The van der Waals surface area contributed by atoms with Gasteiger partial charge in [0.15, 0.2) is 5.82 Å². The number of nitrogens with two attached hydrogens (primary N) is 1. The zero-order valence-electron chi connectivity index (χ0n) is 14.7. The van der Waals surface area contributed by atoms with Gasteiger partial charge in [-0.05, 0) is 43.4 Å². The lowest BCUT2D eigenvalue weighted by molar-refractivity contribution is 0.374. The molecule has 5 nitrogen and oxygen atoms in total. The summed E-state index contributed by atoms with van der Waals surface area (Å²) >= 11 is 0. The van der Waals surface area contributed by atoms with E-state index in [-0.39, 0.29) is 12.4 Å². The van der Waals surface area contributed by atoms with Crippen molar-refractivity contribution in [2.75, 3.05) is 0 Å². The molecule has 1 aromatic carbocycles. The highest BCUT2D eigenvalue weighted by Gasteiger charge is 2.26. The molecule has 1 saturated carbocycles. The standard InChI is InChI=1S/C20H23N5.ClH/c21-17-11-9-16(10-12-17)20-23-19(18-8-4-5-13-22-18)24-25(20)14-15-6-2-1-3-7-15;/h1-8,13,16-17H,9-12,14,21H2;1H. The number of benzene rings is 1. The molecule has 4 rings (SSSR count). The van der Waals surface area contributed by atoms with Gasteiger partial charge in [0, 0.05) is 18.2 Å². The Morgan fingerprint density at radius 1 is 0.962 bits per heavy atom. The predicted octanol–water partition coefficient (Wildman–Crippen LogP) is 3.80. The first-order valence-corrected chi connectivity index (χ1v) is 8.95. The summed E-state index contributed by atoms with van der Waals surface area (Å²) in [7, 11) is 0. The summed E-state index contributed by atoms with van der Waals surface area (Å²) in [5, 5.41) is 4.78. The molecule has 0 saturated heterocycles. The van der Waals surface area contributed by atoms with E-state index in [0.29, 0.717) is 17.8 Å². The summed E-state index contributed by atoms with van der Waals surface area (Å²) in [5.41, 5.74) is 8.13. The number of rotatable bonds is 4. The Kier molecular flexibility index (Phi) is 6.01. The van der Waals surface area contributed by atoms with Crippen LogP contribution in [0.1, 0.15) is 43.0 Å². The summed E-state index contributed by atoms with van der Waals surface area (Å²) in [6, 6.07) is 16.6. The van der Waals surface area contributed by atoms with Crippen LogP contribution in [0, 0.1) is 0 Å². The second-order valence-electron chi connectivity index (χ2n) is 6.76. The Morgan fingerprint density at radius 3 is 2.38 bits per heavy atom. The van der Waals surface area contributed by atoms with E-state index in [9.17, 15) is 0 Å². The van der Waals surface area contributed by atoms with E-state index in [0.717, 1.165) is 43.7 Å². The minimum atomic E-state index is 0. The Balaban J connectivity index is 0.00000196. The molecule has 2 N–H and O–H groups in total. The van der Waals surface area contributed by atoms with E-state index >= 15 is 0 Å². The molecule has 2 aromatic heterocycles. The molecule has 0 bridgehead atoms. The topological polar surface area (TPSA) is 69.6 Å². The fourth-order valence-corrected chi connectivity index (χ4v) is 3.51. The van der Waals surface area contributed by atoms with Gasteiger partial charge in [0.05, 0.1) is 6.54 Å². The molecule has 136 valence electrons. The van der Waals surface area contributed by atoms with Crippen LogP contribution in [0.3, 0.4) is 0 Å². The molecule has 26 heavy (non-hydrogen) atoms. The minimum Gasteiger partial charge on any atom is -0.328 e. The molecule has 2 heterocycles. The summed E-state index contributed by atoms with van der Waals surface area (Å²) in [4.78, 5) is 9.28. The van der Waals surface area contributed by atoms with Crippen LogP contribution in [0.5, 0.6) is 0 Å². The Morgan fingerprint density at radius 2 is 1.69 bits per heavy atom. The minimum absolute atomic E-state index is 0. The normalized spacial score (nSPS) is 19.7. The predicted molar refractivity (Wildman–Crippen MR) is 105 cm³/mol. The van der Waals surface area contributed by atoms with Crippen molar-refractivity contribution in [2.45, 2.75) is 44.2 Å². The van der Waals surface area contributed by atoms with Crippen molar-refractivity contribution < 1.29 is 0 Å². The first-order valence-electron chi connectivity index (χ1n) is 8.95. The van der Waals surface area contributed by atoms with E-state index in [1.807, 2.05) is 24.3 Å². The SMILES string of the molecule is Cl.NC1CCC(c2nc(-c3ccccn3)nn2Cc2ccccc2)CC1. The van der Waals surface area contributed by atoms with Gasteiger partial charge in [-0.2, -0.15) is 0 Å². The van der Waals surface area contributed by atoms with Crippen molar-refractivity contribution in [1.82, 2.24) is 19.7 Å². The monoisotopic (exact) mass is 369 g/mol. The van der Waals surface area contributed by atoms with Crippen LogP contribution in [0.15, 0.2) is 54.7 Å². The first-order chi connectivity index (χ1) is 12.3. The van der Waals surface area contributed by atoms with E-state index in [1.54, 1.807) is 6.20 Å². The largest absolute Gasteiger partial charge is 0.328 e. The third-order valence-corrected chi connectivity index (χ3v) is 4.91. The van der Waals surface area contributed by atoms with Crippen LogP contribution < -0.4 is 5.73 Å². The highest BCUT2D eigenvalue weighted by Crippen LogP contribution is 2.32. The maximum absolute atomic E-state index is 6.08. The lowest BCUT2D eigenvalue weighted by Crippen LogP contribution is -2.27. The summed E-state index contributed by atoms with van der Waals surface area (Å²) in [5.74, 6) is 2.20. The van der Waals surface area contributed by atoms with Crippen LogP contribution in [0.4, 0.5) is 0 Å². The van der Waals surface area contributed by atoms with Crippen molar-refractivity contribution in [3.05, 3.63) is 66.1 Å². The van der Waals surface area contributed by atoms with Gasteiger partial charge in [0.25, 0.3) is 0 Å². The van der Waals surface area contributed by atoms with E-state index < -0.39 is 0 Å². The zero-order valence-corrected chi connectivity index (χ0v) is 15.5. The van der Waals surface area contributed by atoms with Crippen LogP contribution in [0.2, 0.25) is 0 Å². The van der Waals surface area contributed by atoms with Gasteiger partial charge >= 0.3 is 0 Å². The lowest BCUT2D eigenvalue weighted by Gasteiger charge is -2.25. The molecule has 0 amide bonds. The number of pyridine rings is 1. The molecule has 0 atom stereocenters. The smallest absolute Gasteiger partial charge is 0.200 e. The molecular formula is C20H24ClN5. The van der Waals surface area contributed by atoms with Gasteiger partial charge in [-0.25, -0.2) is 9.67 Å². The number of nitrogens with zero attached hydrogens (tertiary/aromatic N) is 4. The molecule has 1 aliphatic carbocycles. The van der Waals surface area contributed by atoms with Crippen molar-refractivity contribution >= 4 is 12.4 Å². The number of hydrogen-bond donors (Lipinski definition) is 1. The van der Waals surface area contributed by atoms with Crippen LogP contribution in [-0.4, -0.2) is 25.8 Å². The van der Waals surface area contributed by atoms with E-state index in [2.05, 4.69) is 33.9 Å². The molecule has 1 aliphatic rings. The molecule has 0 radical (unpaired) electrons. The van der Waals surface area contributed by atoms with Gasteiger partial charge in [-0.1, -0.05) is 36.4 Å². The highest BCUT2D eigenvalue weighted by atomic mass is 35.5. The highest BCUT2D eigenvalue weighted by molar-refractivity contribution is 5.85. The van der Waals surface area contributed by atoms with E-state index in [1.165, 1.54) is 5.56 Å². The summed E-state index contributed by atoms with van der Waals surface area (Å²) < 4.78 is 2.06. The molecule has 6 heteroatoms. The maximum Gasteiger partial charge on any atom is 0.200 e. The molecule has 3 aromatic rings. The number of halogens is 1. The Bertz CT molecular complexity index is 811. The maximum atomic E-state index is 6.08. The molecule has 0 spiro atoms. The summed E-state index contributed by atoms with van der Waals surface area (Å²) in [6.45, 7) is 0.735. The van der Waals surface area contributed by atoms with Crippen LogP contribution >= 0.6 is 12.4 Å². The van der Waals surface area contributed by atoms with Crippen LogP contribution in [0.25, 0.3) is 11.5 Å². The number of hydrogen-bond acceptors (Lipinski definition) is 4. The van der Waals surface area contributed by atoms with Gasteiger partial charge in [-0.15, -0.1) is 17.5 Å². The van der Waals surface area contributed by atoms with Crippen molar-refractivity contribution in [1.29, 1.82) is 0 Å². The zero-order chi connectivity index (χ0) is 17.1. The van der Waals surface area contributed by atoms with Gasteiger partial charge in [-0.3, -0.25) is 4.98 Å². The number of aromatic nitrogens is 4. The third-order valence-electron chi connectivity index (χ3n) is 4.91. The molecular weight excluding hydrogens is 346 g/mol.